The standard InChI is InChI=1S/C13H12N2O4S/c1-19-14-12(16)8-15-10-6-2-4-9-5-3-7-11(13(9)10)20(15,17)18/h2-7H,8H2,1H3,(H,14,16). The molecule has 1 amide bonds. The lowest BCUT2D eigenvalue weighted by atomic mass is 10.1. The van der Waals surface area contributed by atoms with Gasteiger partial charge in [-0.3, -0.25) is 13.9 Å². The van der Waals surface area contributed by atoms with Gasteiger partial charge in [-0.25, -0.2) is 13.9 Å². The lowest BCUT2D eigenvalue weighted by Gasteiger charge is -2.17. The van der Waals surface area contributed by atoms with Crippen molar-refractivity contribution in [2.75, 3.05) is 18.0 Å². The highest BCUT2D eigenvalue weighted by Gasteiger charge is 2.36. The molecule has 0 radical (unpaired) electrons. The van der Waals surface area contributed by atoms with Crippen LogP contribution in [-0.2, 0) is 19.7 Å². The zero-order valence-corrected chi connectivity index (χ0v) is 11.5. The van der Waals surface area contributed by atoms with Crippen LogP contribution in [0.3, 0.4) is 0 Å². The first-order valence-corrected chi connectivity index (χ1v) is 7.36. The Hall–Kier alpha value is -2.12. The van der Waals surface area contributed by atoms with Crippen LogP contribution in [0.15, 0.2) is 41.3 Å². The number of rotatable bonds is 3. The third-order valence-corrected chi connectivity index (χ3v) is 4.99. The number of anilines is 1. The van der Waals surface area contributed by atoms with Crippen LogP contribution in [0, 0.1) is 0 Å². The lowest BCUT2D eigenvalue weighted by molar-refractivity contribution is -0.129. The number of carbonyl (C=O) groups excluding carboxylic acids is 1. The summed E-state index contributed by atoms with van der Waals surface area (Å²) in [6.07, 6.45) is 0. The summed E-state index contributed by atoms with van der Waals surface area (Å²) in [5.41, 5.74) is 2.64. The Morgan fingerprint density at radius 3 is 2.65 bits per heavy atom. The molecule has 20 heavy (non-hydrogen) atoms. The number of nitrogens with one attached hydrogen (secondary N) is 1. The Kier molecular flexibility index (Phi) is 2.88. The van der Waals surface area contributed by atoms with Crippen molar-refractivity contribution < 1.29 is 18.0 Å². The Morgan fingerprint density at radius 2 is 1.95 bits per heavy atom. The molecule has 0 saturated heterocycles. The maximum absolute atomic E-state index is 12.5. The summed E-state index contributed by atoms with van der Waals surface area (Å²) in [6.45, 7) is -0.316. The minimum absolute atomic E-state index is 0.232. The van der Waals surface area contributed by atoms with E-state index in [0.717, 1.165) is 9.69 Å². The van der Waals surface area contributed by atoms with Crippen LogP contribution in [-0.4, -0.2) is 28.0 Å². The molecule has 0 spiro atoms. The summed E-state index contributed by atoms with van der Waals surface area (Å²) >= 11 is 0. The van der Waals surface area contributed by atoms with Gasteiger partial charge in [0.1, 0.15) is 6.54 Å². The molecule has 1 heterocycles. The number of carbonyl (C=O) groups is 1. The van der Waals surface area contributed by atoms with Gasteiger partial charge in [0.2, 0.25) is 0 Å². The van der Waals surface area contributed by atoms with Crippen molar-refractivity contribution in [3.63, 3.8) is 0 Å². The first kappa shape index (κ1) is 12.9. The molecule has 1 N–H and O–H groups in total. The normalized spacial score (nSPS) is 15.6. The minimum Gasteiger partial charge on any atom is -0.277 e. The van der Waals surface area contributed by atoms with Gasteiger partial charge >= 0.3 is 0 Å². The molecule has 0 saturated carbocycles. The lowest BCUT2D eigenvalue weighted by Crippen LogP contribution is -2.38. The predicted octanol–water partition coefficient (Wildman–Crippen LogP) is 1.03. The molecule has 2 aromatic rings. The minimum atomic E-state index is -3.69. The predicted molar refractivity (Wildman–Crippen MR) is 73.6 cm³/mol. The first-order chi connectivity index (χ1) is 9.55. The second-order valence-electron chi connectivity index (χ2n) is 4.37. The van der Waals surface area contributed by atoms with Gasteiger partial charge in [-0.1, -0.05) is 24.3 Å². The molecule has 0 unspecified atom stereocenters. The van der Waals surface area contributed by atoms with E-state index < -0.39 is 15.9 Å². The van der Waals surface area contributed by atoms with Crippen molar-refractivity contribution in [2.45, 2.75) is 4.90 Å². The summed E-state index contributed by atoms with van der Waals surface area (Å²) in [5, 5.41) is 1.48. The van der Waals surface area contributed by atoms with E-state index in [1.54, 1.807) is 24.3 Å². The molecule has 0 fully saturated rings. The number of sulfonamides is 1. The van der Waals surface area contributed by atoms with Gasteiger partial charge in [0.15, 0.2) is 0 Å². The third kappa shape index (κ3) is 1.75. The molecule has 1 aliphatic rings. The zero-order chi connectivity index (χ0) is 14.3. The van der Waals surface area contributed by atoms with Gasteiger partial charge in [-0.15, -0.1) is 0 Å². The molecule has 6 nitrogen and oxygen atoms in total. The molecule has 1 aliphatic heterocycles. The fourth-order valence-corrected chi connectivity index (χ4v) is 4.07. The molecule has 3 rings (SSSR count). The summed E-state index contributed by atoms with van der Waals surface area (Å²) in [4.78, 5) is 16.4. The maximum Gasteiger partial charge on any atom is 0.265 e. The molecule has 0 atom stereocenters. The van der Waals surface area contributed by atoms with Gasteiger partial charge in [0.25, 0.3) is 15.9 Å². The number of nitrogens with zero attached hydrogens (tertiary/aromatic N) is 1. The van der Waals surface area contributed by atoms with Crippen molar-refractivity contribution in [1.29, 1.82) is 0 Å². The van der Waals surface area contributed by atoms with Gasteiger partial charge in [-0.05, 0) is 17.5 Å². The molecule has 104 valence electrons. The number of benzene rings is 2. The molecule has 7 heteroatoms. The Morgan fingerprint density at radius 1 is 1.25 bits per heavy atom. The smallest absolute Gasteiger partial charge is 0.265 e. The largest absolute Gasteiger partial charge is 0.277 e. The highest BCUT2D eigenvalue weighted by Crippen LogP contribution is 2.41. The van der Waals surface area contributed by atoms with Gasteiger partial charge in [0.05, 0.1) is 17.7 Å². The zero-order valence-electron chi connectivity index (χ0n) is 10.7. The van der Waals surface area contributed by atoms with Crippen molar-refractivity contribution in [3.05, 3.63) is 36.4 Å². The highest BCUT2D eigenvalue weighted by atomic mass is 32.2. The van der Waals surface area contributed by atoms with Crippen LogP contribution >= 0.6 is 0 Å². The van der Waals surface area contributed by atoms with Crippen LogP contribution < -0.4 is 9.79 Å². The monoisotopic (exact) mass is 292 g/mol. The van der Waals surface area contributed by atoms with Gasteiger partial charge in [0, 0.05) is 5.39 Å². The summed E-state index contributed by atoms with van der Waals surface area (Å²) in [7, 11) is -2.40. The van der Waals surface area contributed by atoms with E-state index in [9.17, 15) is 13.2 Å². The molecule has 2 aromatic carbocycles. The van der Waals surface area contributed by atoms with Crippen molar-refractivity contribution in [3.8, 4) is 0 Å². The summed E-state index contributed by atoms with van der Waals surface area (Å²) in [6, 6.07) is 10.4. The van der Waals surface area contributed by atoms with Crippen molar-refractivity contribution in [1.82, 2.24) is 5.48 Å². The SMILES string of the molecule is CONC(=O)CN1c2cccc3cccc(c23)S1(=O)=O. The number of hydrogen-bond donors (Lipinski definition) is 1. The summed E-state index contributed by atoms with van der Waals surface area (Å²) in [5.74, 6) is -0.527. The van der Waals surface area contributed by atoms with E-state index in [-0.39, 0.29) is 11.4 Å². The number of hydrogen-bond acceptors (Lipinski definition) is 4. The van der Waals surface area contributed by atoms with Gasteiger partial charge < -0.3 is 0 Å². The average Bonchev–Trinajstić information content (AvgIpc) is 2.63. The third-order valence-electron chi connectivity index (χ3n) is 3.18. The van der Waals surface area contributed by atoms with Crippen molar-refractivity contribution >= 4 is 32.4 Å². The van der Waals surface area contributed by atoms with E-state index in [2.05, 4.69) is 10.3 Å². The fraction of sp³-hybridized carbons (Fsp3) is 0.154. The van der Waals surface area contributed by atoms with E-state index in [4.69, 9.17) is 0 Å². The van der Waals surface area contributed by atoms with Crippen LogP contribution in [0.1, 0.15) is 0 Å². The second kappa shape index (κ2) is 4.46. The highest BCUT2D eigenvalue weighted by molar-refractivity contribution is 7.93. The Labute approximate surface area is 116 Å². The second-order valence-corrected chi connectivity index (χ2v) is 6.20. The van der Waals surface area contributed by atoms with Gasteiger partial charge in [-0.2, -0.15) is 0 Å². The van der Waals surface area contributed by atoms with Crippen LogP contribution in [0.25, 0.3) is 10.8 Å². The van der Waals surface area contributed by atoms with E-state index in [1.807, 2.05) is 12.1 Å². The van der Waals surface area contributed by atoms with Crippen molar-refractivity contribution in [2.24, 2.45) is 0 Å². The molecular weight excluding hydrogens is 280 g/mol. The van der Waals surface area contributed by atoms with Crippen LogP contribution in [0.5, 0.6) is 0 Å². The molecule has 0 bridgehead atoms. The Balaban J connectivity index is 2.16. The maximum atomic E-state index is 12.5. The summed E-state index contributed by atoms with van der Waals surface area (Å²) < 4.78 is 26.1. The first-order valence-electron chi connectivity index (χ1n) is 5.92. The number of amides is 1. The number of hydroxylamine groups is 1. The van der Waals surface area contributed by atoms with E-state index >= 15 is 0 Å². The van der Waals surface area contributed by atoms with E-state index in [0.29, 0.717) is 11.1 Å². The molecule has 0 aromatic heterocycles. The Bertz CT molecular complexity index is 796. The van der Waals surface area contributed by atoms with E-state index in [1.165, 1.54) is 7.11 Å². The molecular formula is C13H12N2O4S. The van der Waals surface area contributed by atoms with Crippen LogP contribution in [0.2, 0.25) is 0 Å². The molecule has 0 aliphatic carbocycles. The fourth-order valence-electron chi connectivity index (χ4n) is 2.41. The average molecular weight is 292 g/mol. The topological polar surface area (TPSA) is 75.7 Å². The quantitative estimate of drug-likeness (QED) is 0.857. The van der Waals surface area contributed by atoms with Crippen LogP contribution in [0.4, 0.5) is 5.69 Å².